The van der Waals surface area contributed by atoms with E-state index in [0.717, 1.165) is 5.56 Å². The molecular weight excluding hydrogens is 254 g/mol. The molecule has 0 fully saturated rings. The van der Waals surface area contributed by atoms with E-state index in [1.165, 1.54) is 6.33 Å². The van der Waals surface area contributed by atoms with Gasteiger partial charge in [0.25, 0.3) is 5.71 Å². The van der Waals surface area contributed by atoms with Gasteiger partial charge in [0, 0.05) is 5.56 Å². The molecule has 0 aliphatic heterocycles. The lowest BCUT2D eigenvalue weighted by molar-refractivity contribution is 0.414. The van der Waals surface area contributed by atoms with Gasteiger partial charge in [0.05, 0.1) is 7.11 Å². The Kier molecular flexibility index (Phi) is 2.60. The minimum atomic E-state index is 0.308. The summed E-state index contributed by atoms with van der Waals surface area (Å²) in [5.41, 5.74) is 1.72. The second-order valence-corrected chi connectivity index (χ2v) is 3.93. The Balaban J connectivity index is 2.32. The largest absolute Gasteiger partial charge is 0.496 e. The van der Waals surface area contributed by atoms with Gasteiger partial charge in [-0.3, -0.25) is 0 Å². The van der Waals surface area contributed by atoms with E-state index in [2.05, 4.69) is 15.1 Å². The molecule has 1 aromatic carbocycles. The molecule has 90 valence electrons. The van der Waals surface area contributed by atoms with Crippen LogP contribution in [0.25, 0.3) is 22.4 Å². The van der Waals surface area contributed by atoms with Gasteiger partial charge in [-0.2, -0.15) is 4.98 Å². The topological polar surface area (TPSA) is 61.0 Å². The van der Waals surface area contributed by atoms with Gasteiger partial charge in [0.15, 0.2) is 0 Å². The molecule has 2 heterocycles. The van der Waals surface area contributed by atoms with Crippen molar-refractivity contribution in [2.45, 2.75) is 0 Å². The molecular formula is C12H8ClN3O2. The molecule has 0 bridgehead atoms. The third-order valence-corrected chi connectivity index (χ3v) is 2.88. The summed E-state index contributed by atoms with van der Waals surface area (Å²) in [6.07, 6.45) is 1.34. The Morgan fingerprint density at radius 2 is 2.06 bits per heavy atom. The highest BCUT2D eigenvalue weighted by atomic mass is 35.5. The third-order valence-electron chi connectivity index (χ3n) is 2.59. The lowest BCUT2D eigenvalue weighted by Gasteiger charge is -2.05. The summed E-state index contributed by atoms with van der Waals surface area (Å²) in [4.78, 5) is 7.91. The number of aromatic nitrogens is 3. The quantitative estimate of drug-likeness (QED) is 0.664. The van der Waals surface area contributed by atoms with E-state index in [0.29, 0.717) is 27.7 Å². The Morgan fingerprint density at radius 1 is 1.22 bits per heavy atom. The maximum absolute atomic E-state index is 6.06. The lowest BCUT2D eigenvalue weighted by atomic mass is 10.1. The average Bonchev–Trinajstić information content (AvgIpc) is 2.84. The minimum Gasteiger partial charge on any atom is -0.496 e. The fraction of sp³-hybridized carbons (Fsp3) is 0.0833. The van der Waals surface area contributed by atoms with Gasteiger partial charge in [-0.15, -0.1) is 0 Å². The van der Waals surface area contributed by atoms with Crippen LogP contribution in [0.5, 0.6) is 5.75 Å². The summed E-state index contributed by atoms with van der Waals surface area (Å²) >= 11 is 6.06. The molecule has 3 aromatic rings. The van der Waals surface area contributed by atoms with E-state index < -0.39 is 0 Å². The van der Waals surface area contributed by atoms with Crippen molar-refractivity contribution in [3.63, 3.8) is 0 Å². The van der Waals surface area contributed by atoms with Gasteiger partial charge in [0.2, 0.25) is 0 Å². The van der Waals surface area contributed by atoms with Gasteiger partial charge in [-0.05, 0) is 12.1 Å². The summed E-state index contributed by atoms with van der Waals surface area (Å²) in [5, 5.41) is 4.89. The van der Waals surface area contributed by atoms with Crippen LogP contribution in [0.2, 0.25) is 5.15 Å². The number of ether oxygens (including phenoxy) is 1. The van der Waals surface area contributed by atoms with Crippen molar-refractivity contribution in [2.24, 2.45) is 0 Å². The molecule has 0 saturated carbocycles. The highest BCUT2D eigenvalue weighted by Crippen LogP contribution is 2.35. The molecule has 0 aliphatic rings. The summed E-state index contributed by atoms with van der Waals surface area (Å²) in [7, 11) is 1.60. The molecule has 0 radical (unpaired) electrons. The smallest absolute Gasteiger partial charge is 0.262 e. The molecule has 2 aromatic heterocycles. The maximum atomic E-state index is 6.06. The molecule has 0 amide bonds. The first-order chi connectivity index (χ1) is 8.81. The van der Waals surface area contributed by atoms with Crippen molar-refractivity contribution in [2.75, 3.05) is 7.11 Å². The van der Waals surface area contributed by atoms with Crippen molar-refractivity contribution in [1.29, 1.82) is 0 Å². The summed E-state index contributed by atoms with van der Waals surface area (Å²) in [6.45, 7) is 0. The van der Waals surface area contributed by atoms with Crippen LogP contribution in [-0.2, 0) is 0 Å². The van der Waals surface area contributed by atoms with Crippen LogP contribution in [-0.4, -0.2) is 22.2 Å². The standard InChI is InChI=1S/C12H8ClN3O2/c1-17-8-5-3-2-4-7(8)10-9-11(13)14-6-15-12(9)18-16-10/h2-6H,1H3. The minimum absolute atomic E-state index is 0.308. The molecule has 0 aliphatic carbocycles. The van der Waals surface area contributed by atoms with Gasteiger partial charge >= 0.3 is 0 Å². The Labute approximate surface area is 107 Å². The van der Waals surface area contributed by atoms with E-state index in [-0.39, 0.29) is 0 Å². The Hall–Kier alpha value is -2.14. The van der Waals surface area contributed by atoms with Crippen LogP contribution in [0.15, 0.2) is 35.1 Å². The molecule has 0 atom stereocenters. The van der Waals surface area contributed by atoms with Crippen LogP contribution in [0, 0.1) is 0 Å². The molecule has 0 spiro atoms. The summed E-state index contributed by atoms with van der Waals surface area (Å²) in [6, 6.07) is 7.48. The predicted octanol–water partition coefficient (Wildman–Crippen LogP) is 2.95. The second kappa shape index (κ2) is 4.27. The van der Waals surface area contributed by atoms with E-state index in [1.54, 1.807) is 7.11 Å². The number of para-hydroxylation sites is 1. The summed E-state index contributed by atoms with van der Waals surface area (Å²) in [5.74, 6) is 0.688. The number of methoxy groups -OCH3 is 1. The number of hydrogen-bond donors (Lipinski definition) is 0. The average molecular weight is 262 g/mol. The van der Waals surface area contributed by atoms with E-state index in [1.807, 2.05) is 24.3 Å². The number of benzene rings is 1. The zero-order valence-electron chi connectivity index (χ0n) is 9.42. The number of fused-ring (bicyclic) bond motifs is 1. The summed E-state index contributed by atoms with van der Waals surface area (Å²) < 4.78 is 10.4. The van der Waals surface area contributed by atoms with Gasteiger partial charge in [-0.1, -0.05) is 28.9 Å². The van der Waals surface area contributed by atoms with Crippen molar-refractivity contribution >= 4 is 22.7 Å². The van der Waals surface area contributed by atoms with Crippen molar-refractivity contribution in [1.82, 2.24) is 15.1 Å². The predicted molar refractivity (Wildman–Crippen MR) is 66.6 cm³/mol. The van der Waals surface area contributed by atoms with Gasteiger partial charge < -0.3 is 9.26 Å². The number of halogens is 1. The van der Waals surface area contributed by atoms with Crippen LogP contribution >= 0.6 is 11.6 Å². The monoisotopic (exact) mass is 261 g/mol. The van der Waals surface area contributed by atoms with E-state index >= 15 is 0 Å². The SMILES string of the molecule is COc1ccccc1-c1noc2ncnc(Cl)c12. The molecule has 0 saturated heterocycles. The molecule has 18 heavy (non-hydrogen) atoms. The zero-order valence-corrected chi connectivity index (χ0v) is 10.2. The van der Waals surface area contributed by atoms with Crippen LogP contribution < -0.4 is 4.74 Å². The van der Waals surface area contributed by atoms with E-state index in [4.69, 9.17) is 20.9 Å². The normalized spacial score (nSPS) is 10.8. The maximum Gasteiger partial charge on any atom is 0.262 e. The van der Waals surface area contributed by atoms with Crippen molar-refractivity contribution in [3.8, 4) is 17.0 Å². The molecule has 0 unspecified atom stereocenters. The molecule has 5 nitrogen and oxygen atoms in total. The highest BCUT2D eigenvalue weighted by Gasteiger charge is 2.18. The number of rotatable bonds is 2. The fourth-order valence-electron chi connectivity index (χ4n) is 1.78. The fourth-order valence-corrected chi connectivity index (χ4v) is 1.99. The van der Waals surface area contributed by atoms with Gasteiger partial charge in [-0.25, -0.2) is 4.98 Å². The van der Waals surface area contributed by atoms with Crippen molar-refractivity contribution in [3.05, 3.63) is 35.7 Å². The number of hydrogen-bond acceptors (Lipinski definition) is 5. The van der Waals surface area contributed by atoms with E-state index in [9.17, 15) is 0 Å². The molecule has 3 rings (SSSR count). The first kappa shape index (κ1) is 11.0. The van der Waals surface area contributed by atoms with Crippen LogP contribution in [0.1, 0.15) is 0 Å². The van der Waals surface area contributed by atoms with Crippen LogP contribution in [0.3, 0.4) is 0 Å². The lowest BCUT2D eigenvalue weighted by Crippen LogP contribution is -1.88. The van der Waals surface area contributed by atoms with Gasteiger partial charge in [0.1, 0.15) is 28.3 Å². The first-order valence-corrected chi connectivity index (χ1v) is 5.58. The third kappa shape index (κ3) is 1.60. The van der Waals surface area contributed by atoms with Crippen molar-refractivity contribution < 1.29 is 9.26 Å². The Morgan fingerprint density at radius 3 is 2.89 bits per heavy atom. The highest BCUT2D eigenvalue weighted by molar-refractivity contribution is 6.34. The first-order valence-electron chi connectivity index (χ1n) is 5.20. The van der Waals surface area contributed by atoms with Crippen LogP contribution in [0.4, 0.5) is 0 Å². The number of nitrogens with zero attached hydrogens (tertiary/aromatic N) is 3. The second-order valence-electron chi connectivity index (χ2n) is 3.58. The Bertz CT molecular complexity index is 711. The molecule has 6 heteroatoms. The molecule has 0 N–H and O–H groups in total. The zero-order chi connectivity index (χ0) is 12.5.